The summed E-state index contributed by atoms with van der Waals surface area (Å²) < 4.78 is 5.89. The number of benzene rings is 1. The van der Waals surface area contributed by atoms with Crippen LogP contribution in [-0.2, 0) is 0 Å². The summed E-state index contributed by atoms with van der Waals surface area (Å²) in [5, 5.41) is 0. The monoisotopic (exact) mass is 322 g/mol. The number of hydrogen-bond acceptors (Lipinski definition) is 3. The average Bonchev–Trinajstić information content (AvgIpc) is 2.61. The zero-order valence-electron chi connectivity index (χ0n) is 16.5. The first-order valence-electron chi connectivity index (χ1n) is 9.34. The zero-order chi connectivity index (χ0) is 17.7. The van der Waals surface area contributed by atoms with Gasteiger partial charge in [-0.2, -0.15) is 0 Å². The Morgan fingerprint density at radius 1 is 0.913 bits per heavy atom. The largest absolute Gasteiger partial charge is 0.492 e. The Labute approximate surface area is 144 Å². The van der Waals surface area contributed by atoms with Crippen LogP contribution in [0.4, 0.5) is 0 Å². The molecule has 1 saturated heterocycles. The molecular formula is C20H38N2O. The summed E-state index contributed by atoms with van der Waals surface area (Å²) in [6, 6.07) is 6.37. The Kier molecular flexibility index (Phi) is 12.8. The second kappa shape index (κ2) is 13.4. The molecule has 0 radical (unpaired) electrons. The van der Waals surface area contributed by atoms with Crippen molar-refractivity contribution < 1.29 is 4.74 Å². The average molecular weight is 323 g/mol. The van der Waals surface area contributed by atoms with Gasteiger partial charge in [0.25, 0.3) is 0 Å². The van der Waals surface area contributed by atoms with Crippen molar-refractivity contribution in [2.24, 2.45) is 0 Å². The minimum absolute atomic E-state index is 0.788. The van der Waals surface area contributed by atoms with Crippen LogP contribution in [0.2, 0.25) is 0 Å². The van der Waals surface area contributed by atoms with Crippen molar-refractivity contribution in [2.45, 2.75) is 48.5 Å². The lowest BCUT2D eigenvalue weighted by molar-refractivity contribution is 0.120. The van der Waals surface area contributed by atoms with E-state index in [2.05, 4.69) is 48.8 Å². The van der Waals surface area contributed by atoms with Crippen LogP contribution in [0.15, 0.2) is 18.2 Å². The highest BCUT2D eigenvalue weighted by Gasteiger charge is 2.14. The fourth-order valence-electron chi connectivity index (χ4n) is 2.58. The molecule has 134 valence electrons. The van der Waals surface area contributed by atoms with Crippen molar-refractivity contribution in [3.05, 3.63) is 29.3 Å². The zero-order valence-corrected chi connectivity index (χ0v) is 16.5. The van der Waals surface area contributed by atoms with Crippen LogP contribution in [0.25, 0.3) is 0 Å². The molecule has 0 amide bonds. The van der Waals surface area contributed by atoms with Crippen LogP contribution in [0.3, 0.4) is 0 Å². The van der Waals surface area contributed by atoms with Crippen LogP contribution in [-0.4, -0.2) is 55.7 Å². The lowest BCUT2D eigenvalue weighted by atomic mass is 10.1. The topological polar surface area (TPSA) is 15.7 Å². The second-order valence-corrected chi connectivity index (χ2v) is 5.39. The van der Waals surface area contributed by atoms with E-state index in [9.17, 15) is 0 Å². The number of likely N-dealkylation sites (N-methyl/N-ethyl adjacent to an activating group) is 1. The van der Waals surface area contributed by atoms with Crippen LogP contribution in [0.1, 0.15) is 45.7 Å². The maximum Gasteiger partial charge on any atom is 0.122 e. The first kappa shape index (κ1) is 21.9. The fourth-order valence-corrected chi connectivity index (χ4v) is 2.58. The highest BCUT2D eigenvalue weighted by molar-refractivity contribution is 5.35. The summed E-state index contributed by atoms with van der Waals surface area (Å²) in [6.45, 7) is 22.2. The van der Waals surface area contributed by atoms with Crippen molar-refractivity contribution in [3.8, 4) is 5.75 Å². The third kappa shape index (κ3) is 8.38. The number of ether oxygens (including phenoxy) is 1. The van der Waals surface area contributed by atoms with Crippen molar-refractivity contribution in [1.82, 2.24) is 9.80 Å². The maximum absolute atomic E-state index is 5.89. The number of aryl methyl sites for hydroxylation is 2. The van der Waals surface area contributed by atoms with Gasteiger partial charge in [0.15, 0.2) is 0 Å². The molecule has 0 N–H and O–H groups in total. The fraction of sp³-hybridized carbons (Fsp3) is 0.700. The van der Waals surface area contributed by atoms with Gasteiger partial charge in [0.1, 0.15) is 12.4 Å². The minimum atomic E-state index is 0.788. The van der Waals surface area contributed by atoms with E-state index in [0.717, 1.165) is 18.9 Å². The van der Waals surface area contributed by atoms with Gasteiger partial charge < -0.3 is 9.64 Å². The van der Waals surface area contributed by atoms with Gasteiger partial charge in [-0.3, -0.25) is 4.90 Å². The van der Waals surface area contributed by atoms with Gasteiger partial charge in [-0.05, 0) is 32.0 Å². The Balaban J connectivity index is 0.00000112. The Morgan fingerprint density at radius 3 is 2.00 bits per heavy atom. The first-order valence-corrected chi connectivity index (χ1v) is 9.34. The van der Waals surface area contributed by atoms with E-state index in [1.54, 1.807) is 0 Å². The van der Waals surface area contributed by atoms with Gasteiger partial charge in [0.2, 0.25) is 0 Å². The minimum Gasteiger partial charge on any atom is -0.492 e. The molecule has 1 aromatic rings. The summed E-state index contributed by atoms with van der Waals surface area (Å²) in [5.41, 5.74) is 2.52. The van der Waals surface area contributed by atoms with Gasteiger partial charge in [-0.25, -0.2) is 0 Å². The van der Waals surface area contributed by atoms with Crippen LogP contribution in [0, 0.1) is 13.8 Å². The van der Waals surface area contributed by atoms with E-state index in [-0.39, 0.29) is 0 Å². The molecule has 2 rings (SSSR count). The van der Waals surface area contributed by atoms with Crippen molar-refractivity contribution in [1.29, 1.82) is 0 Å². The van der Waals surface area contributed by atoms with Crippen LogP contribution >= 0.6 is 0 Å². The van der Waals surface area contributed by atoms with Gasteiger partial charge in [0.05, 0.1) is 0 Å². The second-order valence-electron chi connectivity index (χ2n) is 5.39. The highest BCUT2D eigenvalue weighted by atomic mass is 16.5. The summed E-state index contributed by atoms with van der Waals surface area (Å²) in [4.78, 5) is 5.00. The molecule has 23 heavy (non-hydrogen) atoms. The summed E-state index contributed by atoms with van der Waals surface area (Å²) >= 11 is 0. The van der Waals surface area contributed by atoms with Gasteiger partial charge in [0, 0.05) is 32.7 Å². The molecule has 0 bridgehead atoms. The molecule has 0 spiro atoms. The smallest absolute Gasteiger partial charge is 0.122 e. The Hall–Kier alpha value is -1.06. The van der Waals surface area contributed by atoms with Crippen molar-refractivity contribution in [3.63, 3.8) is 0 Å². The van der Waals surface area contributed by atoms with E-state index < -0.39 is 0 Å². The molecule has 3 heteroatoms. The van der Waals surface area contributed by atoms with Crippen LogP contribution in [0.5, 0.6) is 5.75 Å². The quantitative estimate of drug-likeness (QED) is 0.800. The van der Waals surface area contributed by atoms with E-state index in [0.29, 0.717) is 0 Å². The maximum atomic E-state index is 5.89. The van der Waals surface area contributed by atoms with Crippen molar-refractivity contribution in [2.75, 3.05) is 45.9 Å². The Morgan fingerprint density at radius 2 is 1.48 bits per heavy atom. The van der Waals surface area contributed by atoms with Gasteiger partial charge in [-0.15, -0.1) is 0 Å². The molecule has 1 aromatic carbocycles. The molecule has 1 aliphatic rings. The normalized spacial score (nSPS) is 15.1. The standard InChI is InChI=1S/C16H26N2O.2C2H6/c1-4-17-7-9-18(10-8-17)11-12-19-16-6-5-14(2)13-15(16)3;2*1-2/h5-6,13H,4,7-12H2,1-3H3;2*1-2H3. The van der Waals surface area contributed by atoms with E-state index in [1.807, 2.05) is 27.7 Å². The predicted octanol–water partition coefficient (Wildman–Crippen LogP) is 4.37. The van der Waals surface area contributed by atoms with E-state index >= 15 is 0 Å². The number of hydrogen-bond donors (Lipinski definition) is 0. The molecule has 0 unspecified atom stereocenters. The molecule has 0 aliphatic carbocycles. The van der Waals surface area contributed by atoms with Crippen molar-refractivity contribution >= 4 is 0 Å². The Bertz CT molecular complexity index is 399. The predicted molar refractivity (Wildman–Crippen MR) is 103 cm³/mol. The lowest BCUT2D eigenvalue weighted by Gasteiger charge is -2.33. The molecule has 0 aromatic heterocycles. The molecule has 0 saturated carbocycles. The van der Waals surface area contributed by atoms with E-state index in [1.165, 1.54) is 43.9 Å². The molecule has 3 nitrogen and oxygen atoms in total. The number of piperazine rings is 1. The summed E-state index contributed by atoms with van der Waals surface area (Å²) in [5.74, 6) is 1.03. The summed E-state index contributed by atoms with van der Waals surface area (Å²) in [6.07, 6.45) is 0. The molecule has 1 aliphatic heterocycles. The third-order valence-corrected chi connectivity index (χ3v) is 3.91. The summed E-state index contributed by atoms with van der Waals surface area (Å²) in [7, 11) is 0. The van der Waals surface area contributed by atoms with Gasteiger partial charge in [-0.1, -0.05) is 52.3 Å². The van der Waals surface area contributed by atoms with Crippen LogP contribution < -0.4 is 4.74 Å². The van der Waals surface area contributed by atoms with Gasteiger partial charge >= 0.3 is 0 Å². The number of nitrogens with zero attached hydrogens (tertiary/aromatic N) is 2. The SMILES string of the molecule is CC.CC.CCN1CCN(CCOc2ccc(C)cc2C)CC1. The lowest BCUT2D eigenvalue weighted by Crippen LogP contribution is -2.47. The molecule has 1 heterocycles. The first-order chi connectivity index (χ1) is 11.2. The molecule has 1 fully saturated rings. The highest BCUT2D eigenvalue weighted by Crippen LogP contribution is 2.18. The molecular weight excluding hydrogens is 284 g/mol. The number of rotatable bonds is 5. The van der Waals surface area contributed by atoms with E-state index in [4.69, 9.17) is 4.74 Å². The third-order valence-electron chi connectivity index (χ3n) is 3.91. The molecule has 0 atom stereocenters.